The second-order valence-electron chi connectivity index (χ2n) is 5.04. The zero-order valence-electron chi connectivity index (χ0n) is 12.0. The highest BCUT2D eigenvalue weighted by Crippen LogP contribution is 2.33. The van der Waals surface area contributed by atoms with Gasteiger partial charge >= 0.3 is 5.97 Å². The SMILES string of the molecule is CCC[C@@H]1O[C@](C)(CC(=O)OCC)OC[C@@H]1CC. The molecular formula is C14H26O4. The van der Waals surface area contributed by atoms with Gasteiger partial charge in [0.15, 0.2) is 5.79 Å². The maximum atomic E-state index is 11.5. The Bertz CT molecular complexity index is 267. The van der Waals surface area contributed by atoms with Crippen LogP contribution < -0.4 is 0 Å². The summed E-state index contributed by atoms with van der Waals surface area (Å²) in [5, 5.41) is 0. The van der Waals surface area contributed by atoms with Gasteiger partial charge in [0, 0.05) is 5.92 Å². The third-order valence-corrected chi connectivity index (χ3v) is 3.40. The van der Waals surface area contributed by atoms with Crippen LogP contribution in [0.3, 0.4) is 0 Å². The molecule has 1 rings (SSSR count). The van der Waals surface area contributed by atoms with Crippen molar-refractivity contribution >= 4 is 5.97 Å². The van der Waals surface area contributed by atoms with Crippen molar-refractivity contribution in [1.29, 1.82) is 0 Å². The van der Waals surface area contributed by atoms with E-state index in [0.29, 0.717) is 19.1 Å². The average molecular weight is 258 g/mol. The third-order valence-electron chi connectivity index (χ3n) is 3.40. The molecule has 0 bridgehead atoms. The van der Waals surface area contributed by atoms with Gasteiger partial charge in [0.2, 0.25) is 0 Å². The summed E-state index contributed by atoms with van der Waals surface area (Å²) < 4.78 is 16.7. The molecule has 1 saturated heterocycles. The molecule has 0 N–H and O–H groups in total. The Hall–Kier alpha value is -0.610. The number of esters is 1. The summed E-state index contributed by atoms with van der Waals surface area (Å²) in [5.74, 6) is -0.650. The van der Waals surface area contributed by atoms with Crippen molar-refractivity contribution in [2.24, 2.45) is 5.92 Å². The standard InChI is InChI=1S/C14H26O4/c1-5-8-12-11(6-2)10-17-14(4,18-12)9-13(15)16-7-3/h11-12H,5-10H2,1-4H3/t11-,12-,14+/m0/s1. The van der Waals surface area contributed by atoms with Crippen molar-refractivity contribution in [2.75, 3.05) is 13.2 Å². The predicted molar refractivity (Wildman–Crippen MR) is 69.2 cm³/mol. The van der Waals surface area contributed by atoms with Crippen molar-refractivity contribution in [3.63, 3.8) is 0 Å². The Kier molecular flexibility index (Phi) is 6.09. The van der Waals surface area contributed by atoms with E-state index in [-0.39, 0.29) is 18.5 Å². The summed E-state index contributed by atoms with van der Waals surface area (Å²) >= 11 is 0. The minimum absolute atomic E-state index is 0.164. The Labute approximate surface area is 110 Å². The predicted octanol–water partition coefficient (Wildman–Crippen LogP) is 2.90. The van der Waals surface area contributed by atoms with Crippen LogP contribution in [-0.2, 0) is 19.0 Å². The van der Waals surface area contributed by atoms with Crippen LogP contribution in [0.5, 0.6) is 0 Å². The summed E-state index contributed by atoms with van der Waals surface area (Å²) in [4.78, 5) is 11.5. The highest BCUT2D eigenvalue weighted by molar-refractivity contribution is 5.70. The molecule has 4 nitrogen and oxygen atoms in total. The van der Waals surface area contributed by atoms with E-state index in [1.165, 1.54) is 0 Å². The molecule has 4 heteroatoms. The van der Waals surface area contributed by atoms with Gasteiger partial charge in [0.1, 0.15) is 0 Å². The number of hydrogen-bond acceptors (Lipinski definition) is 4. The highest BCUT2D eigenvalue weighted by atomic mass is 16.7. The molecular weight excluding hydrogens is 232 g/mol. The summed E-state index contributed by atoms with van der Waals surface area (Å²) in [5.41, 5.74) is 0. The minimum atomic E-state index is -0.822. The first kappa shape index (κ1) is 15.4. The molecule has 0 amide bonds. The second kappa shape index (κ2) is 7.10. The van der Waals surface area contributed by atoms with Gasteiger partial charge in [-0.3, -0.25) is 4.79 Å². The molecule has 0 saturated carbocycles. The van der Waals surface area contributed by atoms with Gasteiger partial charge in [0.05, 0.1) is 25.7 Å². The lowest BCUT2D eigenvalue weighted by atomic mass is 9.94. The summed E-state index contributed by atoms with van der Waals surface area (Å²) in [6, 6.07) is 0. The van der Waals surface area contributed by atoms with E-state index in [9.17, 15) is 4.79 Å². The van der Waals surface area contributed by atoms with E-state index < -0.39 is 5.79 Å². The smallest absolute Gasteiger partial charge is 0.311 e. The maximum Gasteiger partial charge on any atom is 0.311 e. The molecule has 0 aromatic heterocycles. The summed E-state index contributed by atoms with van der Waals surface area (Å²) in [6.07, 6.45) is 3.49. The molecule has 0 spiro atoms. The fraction of sp³-hybridized carbons (Fsp3) is 0.929. The van der Waals surface area contributed by atoms with E-state index in [1.807, 2.05) is 6.92 Å². The van der Waals surface area contributed by atoms with Crippen LogP contribution in [0, 0.1) is 5.92 Å². The molecule has 1 heterocycles. The van der Waals surface area contributed by atoms with Crippen LogP contribution in [0.1, 0.15) is 53.4 Å². The number of carbonyl (C=O) groups is 1. The van der Waals surface area contributed by atoms with Crippen molar-refractivity contribution in [1.82, 2.24) is 0 Å². The lowest BCUT2D eigenvalue weighted by molar-refractivity contribution is -0.304. The van der Waals surface area contributed by atoms with Gasteiger partial charge in [-0.1, -0.05) is 20.3 Å². The molecule has 0 aromatic carbocycles. The third kappa shape index (κ3) is 4.25. The summed E-state index contributed by atoms with van der Waals surface area (Å²) in [6.45, 7) is 8.98. The van der Waals surface area contributed by atoms with Crippen molar-refractivity contribution in [3.05, 3.63) is 0 Å². The molecule has 106 valence electrons. The van der Waals surface area contributed by atoms with Crippen LogP contribution in [0.2, 0.25) is 0 Å². The van der Waals surface area contributed by atoms with Gasteiger partial charge < -0.3 is 14.2 Å². The van der Waals surface area contributed by atoms with Crippen LogP contribution in [-0.4, -0.2) is 31.1 Å². The number of hydrogen-bond donors (Lipinski definition) is 0. The lowest BCUT2D eigenvalue weighted by Crippen LogP contribution is -2.48. The Morgan fingerprint density at radius 1 is 1.39 bits per heavy atom. The van der Waals surface area contributed by atoms with Crippen molar-refractivity contribution in [3.8, 4) is 0 Å². The first-order valence-corrected chi connectivity index (χ1v) is 7.02. The molecule has 0 aromatic rings. The quantitative estimate of drug-likeness (QED) is 0.687. The van der Waals surface area contributed by atoms with Gasteiger partial charge in [-0.25, -0.2) is 0 Å². The zero-order valence-corrected chi connectivity index (χ0v) is 12.0. The molecule has 0 unspecified atom stereocenters. The van der Waals surface area contributed by atoms with Crippen LogP contribution in [0.25, 0.3) is 0 Å². The lowest BCUT2D eigenvalue weighted by Gasteiger charge is -2.42. The fourth-order valence-corrected chi connectivity index (χ4v) is 2.37. The molecule has 1 fully saturated rings. The minimum Gasteiger partial charge on any atom is -0.466 e. The number of ether oxygens (including phenoxy) is 3. The number of rotatable bonds is 6. The van der Waals surface area contributed by atoms with Gasteiger partial charge in [-0.2, -0.15) is 0 Å². The summed E-state index contributed by atoms with van der Waals surface area (Å²) in [7, 11) is 0. The monoisotopic (exact) mass is 258 g/mol. The largest absolute Gasteiger partial charge is 0.466 e. The normalized spacial score (nSPS) is 32.2. The van der Waals surface area contributed by atoms with Crippen LogP contribution >= 0.6 is 0 Å². The maximum absolute atomic E-state index is 11.5. The van der Waals surface area contributed by atoms with E-state index in [4.69, 9.17) is 14.2 Å². The van der Waals surface area contributed by atoms with Gasteiger partial charge in [0.25, 0.3) is 0 Å². The Balaban J connectivity index is 2.59. The second-order valence-corrected chi connectivity index (χ2v) is 5.04. The van der Waals surface area contributed by atoms with Crippen molar-refractivity contribution in [2.45, 2.75) is 65.3 Å². The zero-order chi connectivity index (χ0) is 13.6. The molecule has 0 radical (unpaired) electrons. The van der Waals surface area contributed by atoms with E-state index >= 15 is 0 Å². The van der Waals surface area contributed by atoms with E-state index in [0.717, 1.165) is 19.3 Å². The van der Waals surface area contributed by atoms with Gasteiger partial charge in [-0.05, 0) is 26.7 Å². The van der Waals surface area contributed by atoms with E-state index in [2.05, 4.69) is 13.8 Å². The van der Waals surface area contributed by atoms with Crippen LogP contribution in [0.15, 0.2) is 0 Å². The first-order valence-electron chi connectivity index (χ1n) is 7.02. The molecule has 18 heavy (non-hydrogen) atoms. The fourth-order valence-electron chi connectivity index (χ4n) is 2.37. The highest BCUT2D eigenvalue weighted by Gasteiger charge is 2.40. The topological polar surface area (TPSA) is 44.8 Å². The van der Waals surface area contributed by atoms with Crippen LogP contribution in [0.4, 0.5) is 0 Å². The molecule has 0 aliphatic carbocycles. The molecule has 1 aliphatic heterocycles. The van der Waals surface area contributed by atoms with E-state index in [1.54, 1.807) is 6.92 Å². The first-order chi connectivity index (χ1) is 8.54. The molecule has 3 atom stereocenters. The number of carbonyl (C=O) groups excluding carboxylic acids is 1. The van der Waals surface area contributed by atoms with Crippen molar-refractivity contribution < 1.29 is 19.0 Å². The molecule has 1 aliphatic rings. The Morgan fingerprint density at radius 3 is 2.67 bits per heavy atom. The van der Waals surface area contributed by atoms with Gasteiger partial charge in [-0.15, -0.1) is 0 Å². The Morgan fingerprint density at radius 2 is 2.11 bits per heavy atom. The average Bonchev–Trinajstić information content (AvgIpc) is 2.29.